The molecule has 0 spiro atoms. The Bertz CT molecular complexity index is 455. The number of nitrogens with zero attached hydrogens (tertiary/aromatic N) is 2. The van der Waals surface area contributed by atoms with Crippen LogP contribution in [0.1, 0.15) is 13.8 Å². The minimum absolute atomic E-state index is 0.0383. The normalized spacial score (nSPS) is 11.7. The molecule has 0 amide bonds. The molecule has 8 heteroatoms. The van der Waals surface area contributed by atoms with Gasteiger partial charge in [-0.25, -0.2) is 8.42 Å². The van der Waals surface area contributed by atoms with Gasteiger partial charge in [0.1, 0.15) is 6.54 Å². The Morgan fingerprint density at radius 2 is 2.24 bits per heavy atom. The Labute approximate surface area is 99.8 Å². The van der Waals surface area contributed by atoms with Crippen LogP contribution in [0, 0.1) is 0 Å². The highest BCUT2D eigenvalue weighted by Crippen LogP contribution is 2.11. The number of esters is 1. The number of aromatic nitrogens is 2. The molecule has 0 aromatic carbocycles. The number of carbonyl (C=O) groups is 1. The van der Waals surface area contributed by atoms with E-state index in [-0.39, 0.29) is 24.7 Å². The highest BCUT2D eigenvalue weighted by atomic mass is 32.2. The van der Waals surface area contributed by atoms with Crippen LogP contribution >= 0.6 is 0 Å². The largest absolute Gasteiger partial charge is 0.465 e. The van der Waals surface area contributed by atoms with E-state index in [1.807, 2.05) is 0 Å². The molecule has 0 aliphatic heterocycles. The zero-order chi connectivity index (χ0) is 12.9. The molecule has 7 nitrogen and oxygen atoms in total. The monoisotopic (exact) mass is 261 g/mol. The smallest absolute Gasteiger partial charge is 0.321 e. The minimum Gasteiger partial charge on any atom is -0.465 e. The molecule has 0 fully saturated rings. The van der Waals surface area contributed by atoms with Gasteiger partial charge in [0, 0.05) is 6.54 Å². The van der Waals surface area contributed by atoms with E-state index >= 15 is 0 Å². The standard InChI is InChI=1S/C9H15N3O4S/c1-3-12(7-9(13)16-4-2)17(14,15)8-5-6-10-11-8/h5-6H,3-4,7H2,1-2H3,(H,10,11). The molecule has 96 valence electrons. The first kappa shape index (κ1) is 13.7. The van der Waals surface area contributed by atoms with Gasteiger partial charge in [-0.3, -0.25) is 9.89 Å². The van der Waals surface area contributed by atoms with E-state index < -0.39 is 16.0 Å². The van der Waals surface area contributed by atoms with Gasteiger partial charge < -0.3 is 4.74 Å². The SMILES string of the molecule is CCOC(=O)CN(CC)S(=O)(=O)c1ccn[nH]1. The fourth-order valence-corrected chi connectivity index (χ4v) is 2.54. The van der Waals surface area contributed by atoms with Gasteiger partial charge in [0.25, 0.3) is 10.0 Å². The Hall–Kier alpha value is -1.41. The van der Waals surface area contributed by atoms with Crippen LogP contribution in [0.15, 0.2) is 17.3 Å². The number of ether oxygens (including phenoxy) is 1. The Balaban J connectivity index is 2.84. The molecular formula is C9H15N3O4S. The molecule has 0 saturated carbocycles. The Morgan fingerprint density at radius 1 is 1.53 bits per heavy atom. The highest BCUT2D eigenvalue weighted by molar-refractivity contribution is 7.89. The number of aromatic amines is 1. The first-order chi connectivity index (χ1) is 8.02. The number of carbonyl (C=O) groups excluding carboxylic acids is 1. The number of nitrogens with one attached hydrogen (secondary N) is 1. The number of likely N-dealkylation sites (N-methyl/N-ethyl adjacent to an activating group) is 1. The van der Waals surface area contributed by atoms with Crippen molar-refractivity contribution in [3.05, 3.63) is 12.3 Å². The van der Waals surface area contributed by atoms with Crippen LogP contribution in [0.5, 0.6) is 0 Å². The summed E-state index contributed by atoms with van der Waals surface area (Å²) in [5, 5.41) is 5.90. The van der Waals surface area contributed by atoms with Crippen molar-refractivity contribution >= 4 is 16.0 Å². The van der Waals surface area contributed by atoms with E-state index in [4.69, 9.17) is 4.74 Å². The van der Waals surface area contributed by atoms with E-state index in [9.17, 15) is 13.2 Å². The summed E-state index contributed by atoms with van der Waals surface area (Å²) < 4.78 is 29.8. The third kappa shape index (κ3) is 3.27. The number of hydrogen-bond acceptors (Lipinski definition) is 5. The van der Waals surface area contributed by atoms with Crippen LogP contribution < -0.4 is 0 Å². The second-order valence-electron chi connectivity index (χ2n) is 3.16. The van der Waals surface area contributed by atoms with Crippen molar-refractivity contribution in [2.45, 2.75) is 18.9 Å². The van der Waals surface area contributed by atoms with Crippen molar-refractivity contribution < 1.29 is 17.9 Å². The van der Waals surface area contributed by atoms with E-state index in [0.717, 1.165) is 4.31 Å². The summed E-state index contributed by atoms with van der Waals surface area (Å²) in [5.41, 5.74) is 0. The Kier molecular flexibility index (Phi) is 4.64. The van der Waals surface area contributed by atoms with Gasteiger partial charge >= 0.3 is 5.97 Å². The third-order valence-electron chi connectivity index (χ3n) is 2.06. The van der Waals surface area contributed by atoms with Gasteiger partial charge in [-0.1, -0.05) is 6.92 Å². The molecule has 0 aliphatic carbocycles. The zero-order valence-electron chi connectivity index (χ0n) is 9.71. The molecule has 0 atom stereocenters. The maximum atomic E-state index is 12.0. The van der Waals surface area contributed by atoms with Crippen LogP contribution in [0.25, 0.3) is 0 Å². The van der Waals surface area contributed by atoms with E-state index in [1.165, 1.54) is 12.3 Å². The lowest BCUT2D eigenvalue weighted by molar-refractivity contribution is -0.143. The summed E-state index contributed by atoms with van der Waals surface area (Å²) in [6.07, 6.45) is 1.34. The summed E-state index contributed by atoms with van der Waals surface area (Å²) in [4.78, 5) is 11.3. The van der Waals surface area contributed by atoms with Crippen molar-refractivity contribution in [1.82, 2.24) is 14.5 Å². The average Bonchev–Trinajstić information content (AvgIpc) is 2.80. The van der Waals surface area contributed by atoms with Crippen molar-refractivity contribution in [2.24, 2.45) is 0 Å². The van der Waals surface area contributed by atoms with Crippen LogP contribution in [-0.4, -0.2) is 48.6 Å². The van der Waals surface area contributed by atoms with Crippen molar-refractivity contribution in [3.63, 3.8) is 0 Å². The first-order valence-electron chi connectivity index (χ1n) is 5.17. The molecule has 1 aromatic rings. The fraction of sp³-hybridized carbons (Fsp3) is 0.556. The van der Waals surface area contributed by atoms with E-state index in [0.29, 0.717) is 0 Å². The van der Waals surface area contributed by atoms with Crippen LogP contribution in [0.4, 0.5) is 0 Å². The van der Waals surface area contributed by atoms with Gasteiger partial charge in [-0.15, -0.1) is 0 Å². The molecule has 17 heavy (non-hydrogen) atoms. The molecule has 0 radical (unpaired) electrons. The highest BCUT2D eigenvalue weighted by Gasteiger charge is 2.26. The minimum atomic E-state index is -3.71. The van der Waals surface area contributed by atoms with Crippen LogP contribution in [0.2, 0.25) is 0 Å². The Morgan fingerprint density at radius 3 is 2.71 bits per heavy atom. The molecule has 1 heterocycles. The van der Waals surface area contributed by atoms with Crippen molar-refractivity contribution in [1.29, 1.82) is 0 Å². The average molecular weight is 261 g/mol. The number of H-pyrrole nitrogens is 1. The molecule has 0 bridgehead atoms. The van der Waals surface area contributed by atoms with Gasteiger partial charge in [-0.2, -0.15) is 9.40 Å². The predicted molar refractivity (Wildman–Crippen MR) is 59.7 cm³/mol. The lowest BCUT2D eigenvalue weighted by atomic mass is 10.6. The predicted octanol–water partition coefficient (Wildman–Crippen LogP) is -0.0166. The molecule has 1 N–H and O–H groups in total. The van der Waals surface area contributed by atoms with Gasteiger partial charge in [0.2, 0.25) is 0 Å². The quantitative estimate of drug-likeness (QED) is 0.727. The summed E-state index contributed by atoms with van der Waals surface area (Å²) in [7, 11) is -3.71. The zero-order valence-corrected chi connectivity index (χ0v) is 10.5. The number of rotatable bonds is 6. The summed E-state index contributed by atoms with van der Waals surface area (Å²) >= 11 is 0. The summed E-state index contributed by atoms with van der Waals surface area (Å²) in [6, 6.07) is 1.34. The molecule has 1 aromatic heterocycles. The molecule has 1 rings (SSSR count). The second kappa shape index (κ2) is 5.78. The van der Waals surface area contributed by atoms with Gasteiger partial charge in [-0.05, 0) is 13.0 Å². The van der Waals surface area contributed by atoms with Crippen molar-refractivity contribution in [3.8, 4) is 0 Å². The fourth-order valence-electron chi connectivity index (χ4n) is 1.24. The number of hydrogen-bond donors (Lipinski definition) is 1. The summed E-state index contributed by atoms with van der Waals surface area (Å²) in [6.45, 7) is 3.41. The molecule has 0 unspecified atom stereocenters. The maximum absolute atomic E-state index is 12.0. The van der Waals surface area contributed by atoms with Crippen molar-refractivity contribution in [2.75, 3.05) is 19.7 Å². The number of sulfonamides is 1. The van der Waals surface area contributed by atoms with E-state index in [1.54, 1.807) is 13.8 Å². The molecule has 0 saturated heterocycles. The lowest BCUT2D eigenvalue weighted by Crippen LogP contribution is -2.36. The summed E-state index contributed by atoms with van der Waals surface area (Å²) in [5.74, 6) is -0.572. The topological polar surface area (TPSA) is 92.4 Å². The van der Waals surface area contributed by atoms with Crippen LogP contribution in [0.3, 0.4) is 0 Å². The molecular weight excluding hydrogens is 246 g/mol. The lowest BCUT2D eigenvalue weighted by Gasteiger charge is -2.17. The van der Waals surface area contributed by atoms with E-state index in [2.05, 4.69) is 10.2 Å². The third-order valence-corrected chi connectivity index (χ3v) is 3.91. The maximum Gasteiger partial charge on any atom is 0.321 e. The second-order valence-corrected chi connectivity index (χ2v) is 5.06. The van der Waals surface area contributed by atoms with Gasteiger partial charge in [0.15, 0.2) is 5.03 Å². The first-order valence-corrected chi connectivity index (χ1v) is 6.61. The van der Waals surface area contributed by atoms with Gasteiger partial charge in [0.05, 0.1) is 12.8 Å². The molecule has 0 aliphatic rings. The van der Waals surface area contributed by atoms with Crippen LogP contribution in [-0.2, 0) is 19.6 Å².